The van der Waals surface area contributed by atoms with E-state index in [-0.39, 0.29) is 18.0 Å². The standard InChI is InChI=1S/C20H28N2O2/c1-15(2)21-12-8-11-19(21)20(23)22(17(4)14-24-5)13-18-10-7-6-9-16(18)3/h6-12,15,17H,13-14H2,1-5H3. The molecule has 1 aromatic heterocycles. The second-order valence-corrected chi connectivity index (χ2v) is 6.56. The molecule has 4 heteroatoms. The van der Waals surface area contributed by atoms with Gasteiger partial charge in [-0.3, -0.25) is 4.79 Å². The van der Waals surface area contributed by atoms with E-state index in [4.69, 9.17) is 4.74 Å². The van der Waals surface area contributed by atoms with Gasteiger partial charge >= 0.3 is 0 Å². The molecule has 1 heterocycles. The summed E-state index contributed by atoms with van der Waals surface area (Å²) in [6.07, 6.45) is 1.96. The lowest BCUT2D eigenvalue weighted by atomic mass is 10.1. The number of carbonyl (C=O) groups excluding carboxylic acids is 1. The van der Waals surface area contributed by atoms with Crippen LogP contribution in [-0.2, 0) is 11.3 Å². The van der Waals surface area contributed by atoms with E-state index in [0.717, 1.165) is 11.3 Å². The maximum absolute atomic E-state index is 13.2. The van der Waals surface area contributed by atoms with Crippen LogP contribution in [0.15, 0.2) is 42.6 Å². The van der Waals surface area contributed by atoms with Crippen molar-refractivity contribution < 1.29 is 9.53 Å². The average molecular weight is 328 g/mol. The number of hydrogen-bond acceptors (Lipinski definition) is 2. The first-order chi connectivity index (χ1) is 11.5. The van der Waals surface area contributed by atoms with Crippen molar-refractivity contribution in [2.75, 3.05) is 13.7 Å². The summed E-state index contributed by atoms with van der Waals surface area (Å²) in [5.41, 5.74) is 3.08. The molecule has 0 saturated heterocycles. The maximum Gasteiger partial charge on any atom is 0.271 e. The third-order valence-corrected chi connectivity index (χ3v) is 4.36. The first kappa shape index (κ1) is 18.3. The second kappa shape index (κ2) is 8.15. The second-order valence-electron chi connectivity index (χ2n) is 6.56. The Morgan fingerprint density at radius 3 is 2.50 bits per heavy atom. The van der Waals surface area contributed by atoms with E-state index in [1.165, 1.54) is 5.56 Å². The average Bonchev–Trinajstić information content (AvgIpc) is 3.03. The molecule has 2 rings (SSSR count). The molecule has 2 aromatic rings. The molecule has 1 amide bonds. The van der Waals surface area contributed by atoms with Crippen LogP contribution in [-0.4, -0.2) is 35.1 Å². The minimum Gasteiger partial charge on any atom is -0.383 e. The zero-order chi connectivity index (χ0) is 17.7. The van der Waals surface area contributed by atoms with Crippen LogP contribution in [0.1, 0.15) is 48.4 Å². The van der Waals surface area contributed by atoms with Crippen LogP contribution in [0.3, 0.4) is 0 Å². The minimum absolute atomic E-state index is 0.00221. The summed E-state index contributed by atoms with van der Waals surface area (Å²) in [4.78, 5) is 15.1. The topological polar surface area (TPSA) is 34.5 Å². The number of hydrogen-bond donors (Lipinski definition) is 0. The van der Waals surface area contributed by atoms with E-state index >= 15 is 0 Å². The third kappa shape index (κ3) is 4.06. The third-order valence-electron chi connectivity index (χ3n) is 4.36. The van der Waals surface area contributed by atoms with Crippen LogP contribution in [0, 0.1) is 6.92 Å². The van der Waals surface area contributed by atoms with E-state index < -0.39 is 0 Å². The van der Waals surface area contributed by atoms with Crippen LogP contribution in [0.4, 0.5) is 0 Å². The van der Waals surface area contributed by atoms with Crippen molar-refractivity contribution in [1.29, 1.82) is 0 Å². The number of rotatable bonds is 7. The maximum atomic E-state index is 13.2. The zero-order valence-corrected chi connectivity index (χ0v) is 15.3. The number of nitrogens with zero attached hydrogens (tertiary/aromatic N) is 2. The van der Waals surface area contributed by atoms with Crippen LogP contribution in [0.25, 0.3) is 0 Å². The summed E-state index contributed by atoms with van der Waals surface area (Å²) in [7, 11) is 1.67. The summed E-state index contributed by atoms with van der Waals surface area (Å²) in [5, 5.41) is 0. The van der Waals surface area contributed by atoms with Crippen molar-refractivity contribution in [2.45, 2.75) is 46.3 Å². The van der Waals surface area contributed by atoms with E-state index in [2.05, 4.69) is 32.9 Å². The lowest BCUT2D eigenvalue weighted by Crippen LogP contribution is -2.41. The molecule has 130 valence electrons. The molecule has 0 aliphatic rings. The molecule has 0 radical (unpaired) electrons. The van der Waals surface area contributed by atoms with Crippen molar-refractivity contribution in [3.63, 3.8) is 0 Å². The molecule has 1 unspecified atom stereocenters. The van der Waals surface area contributed by atoms with Gasteiger partial charge in [-0.25, -0.2) is 0 Å². The Balaban J connectivity index is 2.33. The van der Waals surface area contributed by atoms with Gasteiger partial charge in [0, 0.05) is 25.9 Å². The van der Waals surface area contributed by atoms with E-state index in [1.54, 1.807) is 7.11 Å². The van der Waals surface area contributed by atoms with Crippen molar-refractivity contribution in [3.8, 4) is 0 Å². The van der Waals surface area contributed by atoms with Gasteiger partial charge in [-0.05, 0) is 51.0 Å². The molecule has 0 saturated carbocycles. The van der Waals surface area contributed by atoms with Crippen LogP contribution < -0.4 is 0 Å². The van der Waals surface area contributed by atoms with Crippen LogP contribution >= 0.6 is 0 Å². The smallest absolute Gasteiger partial charge is 0.271 e. The lowest BCUT2D eigenvalue weighted by molar-refractivity contribution is 0.0530. The molecular weight excluding hydrogens is 300 g/mol. The number of methoxy groups -OCH3 is 1. The number of aryl methyl sites for hydroxylation is 1. The molecule has 0 spiro atoms. The van der Waals surface area contributed by atoms with E-state index in [0.29, 0.717) is 13.2 Å². The van der Waals surface area contributed by atoms with E-state index in [1.807, 2.05) is 46.9 Å². The number of aromatic nitrogens is 1. The Bertz CT molecular complexity index is 676. The fraction of sp³-hybridized carbons (Fsp3) is 0.450. The van der Waals surface area contributed by atoms with Crippen LogP contribution in [0.2, 0.25) is 0 Å². The molecular formula is C20H28N2O2. The lowest BCUT2D eigenvalue weighted by Gasteiger charge is -2.30. The normalized spacial score (nSPS) is 12.4. The van der Waals surface area contributed by atoms with Gasteiger partial charge in [-0.2, -0.15) is 0 Å². The van der Waals surface area contributed by atoms with Gasteiger partial charge in [-0.15, -0.1) is 0 Å². The largest absolute Gasteiger partial charge is 0.383 e. The van der Waals surface area contributed by atoms with Crippen molar-refractivity contribution in [3.05, 3.63) is 59.4 Å². The summed E-state index contributed by atoms with van der Waals surface area (Å²) in [6, 6.07) is 12.3. The number of ether oxygens (including phenoxy) is 1. The van der Waals surface area contributed by atoms with Gasteiger partial charge in [0.1, 0.15) is 5.69 Å². The first-order valence-electron chi connectivity index (χ1n) is 8.47. The van der Waals surface area contributed by atoms with Gasteiger partial charge in [0.05, 0.1) is 12.6 Å². The van der Waals surface area contributed by atoms with Gasteiger partial charge in [0.15, 0.2) is 0 Å². The highest BCUT2D eigenvalue weighted by Gasteiger charge is 2.25. The molecule has 4 nitrogen and oxygen atoms in total. The van der Waals surface area contributed by atoms with Gasteiger partial charge < -0.3 is 14.2 Å². The highest BCUT2D eigenvalue weighted by atomic mass is 16.5. The predicted octanol–water partition coefficient (Wildman–Crippen LogP) is 4.05. The molecule has 0 aliphatic heterocycles. The quantitative estimate of drug-likeness (QED) is 0.768. The Morgan fingerprint density at radius 2 is 1.88 bits per heavy atom. The highest BCUT2D eigenvalue weighted by Crippen LogP contribution is 2.19. The number of carbonyl (C=O) groups is 1. The predicted molar refractivity (Wildman–Crippen MR) is 97.2 cm³/mol. The first-order valence-corrected chi connectivity index (χ1v) is 8.47. The molecule has 0 N–H and O–H groups in total. The summed E-state index contributed by atoms with van der Waals surface area (Å²) < 4.78 is 7.32. The van der Waals surface area contributed by atoms with Gasteiger partial charge in [0.25, 0.3) is 5.91 Å². The van der Waals surface area contributed by atoms with Gasteiger partial charge in [-0.1, -0.05) is 24.3 Å². The fourth-order valence-corrected chi connectivity index (χ4v) is 2.90. The highest BCUT2D eigenvalue weighted by molar-refractivity contribution is 5.93. The molecule has 0 fully saturated rings. The van der Waals surface area contributed by atoms with Crippen molar-refractivity contribution in [2.24, 2.45) is 0 Å². The number of amides is 1. The molecule has 0 aliphatic carbocycles. The molecule has 1 aromatic carbocycles. The van der Waals surface area contributed by atoms with Crippen molar-refractivity contribution in [1.82, 2.24) is 9.47 Å². The number of benzene rings is 1. The van der Waals surface area contributed by atoms with E-state index in [9.17, 15) is 4.79 Å². The molecule has 0 bridgehead atoms. The van der Waals surface area contributed by atoms with Crippen LogP contribution in [0.5, 0.6) is 0 Å². The fourth-order valence-electron chi connectivity index (χ4n) is 2.90. The summed E-state index contributed by atoms with van der Waals surface area (Å²) >= 11 is 0. The minimum atomic E-state index is -0.00221. The van der Waals surface area contributed by atoms with Gasteiger partial charge in [0.2, 0.25) is 0 Å². The molecule has 24 heavy (non-hydrogen) atoms. The Kier molecular flexibility index (Phi) is 6.21. The summed E-state index contributed by atoms with van der Waals surface area (Å²) in [6.45, 7) is 9.37. The zero-order valence-electron chi connectivity index (χ0n) is 15.3. The monoisotopic (exact) mass is 328 g/mol. The van der Waals surface area contributed by atoms with Crippen molar-refractivity contribution >= 4 is 5.91 Å². The Labute approximate surface area is 145 Å². The molecule has 1 atom stereocenters. The Morgan fingerprint density at radius 1 is 1.17 bits per heavy atom. The summed E-state index contributed by atoms with van der Waals surface area (Å²) in [5.74, 6) is 0.0431. The Hall–Kier alpha value is -2.07. The SMILES string of the molecule is COCC(C)N(Cc1ccccc1C)C(=O)c1cccn1C(C)C.